The minimum atomic E-state index is 0.938. The van der Waals surface area contributed by atoms with Crippen molar-refractivity contribution in [1.82, 2.24) is 14.5 Å². The first-order chi connectivity index (χ1) is 11.7. The van der Waals surface area contributed by atoms with Gasteiger partial charge in [0.25, 0.3) is 0 Å². The first-order valence-electron chi connectivity index (χ1n) is 8.41. The van der Waals surface area contributed by atoms with Crippen molar-refractivity contribution in [2.24, 2.45) is 7.05 Å². The Morgan fingerprint density at radius 3 is 2.79 bits per heavy atom. The Kier molecular flexibility index (Phi) is 4.08. The van der Waals surface area contributed by atoms with E-state index in [1.54, 1.807) is 0 Å². The van der Waals surface area contributed by atoms with Crippen LogP contribution in [0.4, 0.5) is 0 Å². The number of rotatable bonds is 4. The molecule has 0 saturated heterocycles. The van der Waals surface area contributed by atoms with Crippen molar-refractivity contribution < 1.29 is 0 Å². The van der Waals surface area contributed by atoms with Crippen LogP contribution < -0.4 is 0 Å². The molecule has 0 aliphatic carbocycles. The molecule has 4 heteroatoms. The van der Waals surface area contributed by atoms with Gasteiger partial charge in [0.15, 0.2) is 0 Å². The van der Waals surface area contributed by atoms with Crippen LogP contribution in [0, 0.1) is 3.57 Å². The lowest BCUT2D eigenvalue weighted by Crippen LogP contribution is -1.97. The second-order valence-electron chi connectivity index (χ2n) is 6.26. The highest BCUT2D eigenvalue weighted by molar-refractivity contribution is 14.1. The largest absolute Gasteiger partial charge is 0.347 e. The van der Waals surface area contributed by atoms with E-state index in [1.165, 1.54) is 33.0 Å². The Balaban J connectivity index is 1.84. The fourth-order valence-electron chi connectivity index (χ4n) is 3.31. The van der Waals surface area contributed by atoms with Crippen molar-refractivity contribution in [1.29, 1.82) is 0 Å². The normalized spacial score (nSPS) is 11.6. The summed E-state index contributed by atoms with van der Waals surface area (Å²) in [7, 11) is 2.18. The predicted molar refractivity (Wildman–Crippen MR) is 109 cm³/mol. The Morgan fingerprint density at radius 2 is 2.00 bits per heavy atom. The highest BCUT2D eigenvalue weighted by atomic mass is 127. The molecule has 0 unspecified atom stereocenters. The lowest BCUT2D eigenvalue weighted by atomic mass is 10.1. The fraction of sp³-hybridized carbons (Fsp3) is 0.250. The van der Waals surface area contributed by atoms with Gasteiger partial charge < -0.3 is 9.55 Å². The van der Waals surface area contributed by atoms with Gasteiger partial charge in [0, 0.05) is 32.8 Å². The molecular weight excluding hydrogens is 409 g/mol. The number of para-hydroxylation sites is 2. The smallest absolute Gasteiger partial charge is 0.138 e. The minimum absolute atomic E-state index is 0.938. The summed E-state index contributed by atoms with van der Waals surface area (Å²) in [4.78, 5) is 8.16. The number of aromatic nitrogens is 3. The third-order valence-electron chi connectivity index (χ3n) is 4.68. The molecule has 0 bridgehead atoms. The number of halogens is 1. The van der Waals surface area contributed by atoms with E-state index in [1.807, 2.05) is 18.2 Å². The van der Waals surface area contributed by atoms with Crippen LogP contribution >= 0.6 is 22.6 Å². The Labute approximate surface area is 155 Å². The number of H-pyrrole nitrogens is 1. The van der Waals surface area contributed by atoms with E-state index in [2.05, 4.69) is 70.4 Å². The highest BCUT2D eigenvalue weighted by Crippen LogP contribution is 2.31. The van der Waals surface area contributed by atoms with Gasteiger partial charge in [-0.1, -0.05) is 25.5 Å². The maximum absolute atomic E-state index is 4.73. The van der Waals surface area contributed by atoms with Crippen LogP contribution in [0.15, 0.2) is 42.5 Å². The molecule has 0 fully saturated rings. The van der Waals surface area contributed by atoms with Crippen molar-refractivity contribution in [3.05, 3.63) is 51.7 Å². The number of aryl methyl sites for hydroxylation is 1. The number of benzene rings is 2. The third-order valence-corrected chi connectivity index (χ3v) is 5.89. The van der Waals surface area contributed by atoms with Gasteiger partial charge in [-0.15, -0.1) is 0 Å². The first-order valence-corrected chi connectivity index (χ1v) is 9.49. The molecule has 2 aromatic carbocycles. The van der Waals surface area contributed by atoms with E-state index in [4.69, 9.17) is 4.98 Å². The standard InChI is InChI=1S/C20H20IN3/c1-3-4-9-18-19(21)14-12-13(10-11-17(14)24(18)2)20-22-15-7-5-6-8-16(15)23-20/h5-8,10-12H,3-4,9H2,1-2H3,(H,22,23). The molecule has 1 N–H and O–H groups in total. The van der Waals surface area contributed by atoms with E-state index in [0.717, 1.165) is 28.8 Å². The maximum Gasteiger partial charge on any atom is 0.138 e. The van der Waals surface area contributed by atoms with E-state index in [9.17, 15) is 0 Å². The number of aromatic amines is 1. The quantitative estimate of drug-likeness (QED) is 0.417. The lowest BCUT2D eigenvalue weighted by molar-refractivity contribution is 0.739. The summed E-state index contributed by atoms with van der Waals surface area (Å²) in [5.74, 6) is 0.938. The van der Waals surface area contributed by atoms with Gasteiger partial charge in [-0.3, -0.25) is 0 Å². The van der Waals surface area contributed by atoms with Crippen molar-refractivity contribution in [2.75, 3.05) is 0 Å². The molecule has 0 saturated carbocycles. The summed E-state index contributed by atoms with van der Waals surface area (Å²) in [6.45, 7) is 2.25. The molecule has 0 atom stereocenters. The zero-order valence-corrected chi connectivity index (χ0v) is 16.1. The van der Waals surface area contributed by atoms with Gasteiger partial charge in [-0.25, -0.2) is 4.98 Å². The van der Waals surface area contributed by atoms with E-state index in [-0.39, 0.29) is 0 Å². The molecular formula is C20H20IN3. The molecule has 0 aliphatic heterocycles. The van der Waals surface area contributed by atoms with Gasteiger partial charge in [-0.05, 0) is 65.8 Å². The SMILES string of the molecule is CCCCc1c(I)c2cc(-c3nc4ccccc4[nH]3)ccc2n1C. The van der Waals surface area contributed by atoms with Crippen molar-refractivity contribution in [3.63, 3.8) is 0 Å². The molecule has 24 heavy (non-hydrogen) atoms. The Hall–Kier alpha value is -1.82. The number of unbranched alkanes of at least 4 members (excludes halogenated alkanes) is 1. The van der Waals surface area contributed by atoms with Gasteiger partial charge >= 0.3 is 0 Å². The molecule has 4 rings (SSSR count). The van der Waals surface area contributed by atoms with Gasteiger partial charge in [-0.2, -0.15) is 0 Å². The number of hydrogen-bond donors (Lipinski definition) is 1. The zero-order valence-electron chi connectivity index (χ0n) is 13.9. The average molecular weight is 429 g/mol. The van der Waals surface area contributed by atoms with E-state index < -0.39 is 0 Å². The van der Waals surface area contributed by atoms with Crippen LogP contribution in [0.1, 0.15) is 25.5 Å². The number of nitrogens with zero attached hydrogens (tertiary/aromatic N) is 2. The van der Waals surface area contributed by atoms with Crippen molar-refractivity contribution >= 4 is 44.5 Å². The zero-order chi connectivity index (χ0) is 16.7. The van der Waals surface area contributed by atoms with Crippen LogP contribution in [-0.4, -0.2) is 14.5 Å². The predicted octanol–water partition coefficient (Wildman–Crippen LogP) is 5.67. The molecule has 2 heterocycles. The van der Waals surface area contributed by atoms with Gasteiger partial charge in [0.2, 0.25) is 0 Å². The van der Waals surface area contributed by atoms with Crippen LogP contribution in [0.2, 0.25) is 0 Å². The van der Waals surface area contributed by atoms with E-state index in [0.29, 0.717) is 0 Å². The summed E-state index contributed by atoms with van der Waals surface area (Å²) in [6.07, 6.45) is 3.60. The summed E-state index contributed by atoms with van der Waals surface area (Å²) < 4.78 is 3.71. The second-order valence-corrected chi connectivity index (χ2v) is 7.34. The molecule has 0 spiro atoms. The topological polar surface area (TPSA) is 33.6 Å². The minimum Gasteiger partial charge on any atom is -0.347 e. The van der Waals surface area contributed by atoms with Crippen LogP contribution in [0.3, 0.4) is 0 Å². The molecule has 122 valence electrons. The van der Waals surface area contributed by atoms with Gasteiger partial charge in [0.1, 0.15) is 5.82 Å². The average Bonchev–Trinajstić information content (AvgIpc) is 3.14. The maximum atomic E-state index is 4.73. The Bertz CT molecular complexity index is 993. The molecule has 2 aromatic heterocycles. The monoisotopic (exact) mass is 429 g/mol. The fourth-order valence-corrected chi connectivity index (χ4v) is 4.37. The lowest BCUT2D eigenvalue weighted by Gasteiger charge is -2.03. The molecule has 0 amide bonds. The van der Waals surface area contributed by atoms with E-state index >= 15 is 0 Å². The molecule has 4 aromatic rings. The summed E-state index contributed by atoms with van der Waals surface area (Å²) in [6, 6.07) is 14.8. The number of fused-ring (bicyclic) bond motifs is 2. The summed E-state index contributed by atoms with van der Waals surface area (Å²) >= 11 is 2.50. The second kappa shape index (κ2) is 6.24. The number of hydrogen-bond acceptors (Lipinski definition) is 1. The van der Waals surface area contributed by atoms with Crippen molar-refractivity contribution in [3.8, 4) is 11.4 Å². The highest BCUT2D eigenvalue weighted by Gasteiger charge is 2.14. The first kappa shape index (κ1) is 15.7. The van der Waals surface area contributed by atoms with Crippen LogP contribution in [-0.2, 0) is 13.5 Å². The van der Waals surface area contributed by atoms with Crippen LogP contribution in [0.5, 0.6) is 0 Å². The van der Waals surface area contributed by atoms with Gasteiger partial charge in [0.05, 0.1) is 11.0 Å². The third kappa shape index (κ3) is 2.53. The number of imidazole rings is 1. The molecule has 0 radical (unpaired) electrons. The molecule has 3 nitrogen and oxygen atoms in total. The van der Waals surface area contributed by atoms with Crippen molar-refractivity contribution in [2.45, 2.75) is 26.2 Å². The van der Waals surface area contributed by atoms with Crippen LogP contribution in [0.25, 0.3) is 33.3 Å². The number of nitrogens with one attached hydrogen (secondary N) is 1. The summed E-state index contributed by atoms with van der Waals surface area (Å²) in [5, 5.41) is 1.32. The molecule has 0 aliphatic rings. The Morgan fingerprint density at radius 1 is 1.17 bits per heavy atom. The summed E-state index contributed by atoms with van der Waals surface area (Å²) in [5.41, 5.74) is 5.97.